The molecule has 0 aliphatic carbocycles. The molecule has 0 radical (unpaired) electrons. The summed E-state index contributed by atoms with van der Waals surface area (Å²) in [7, 11) is -6.44. The van der Waals surface area contributed by atoms with Gasteiger partial charge in [-0.2, -0.15) is 0 Å². The minimum absolute atomic E-state index is 0.0933. The van der Waals surface area contributed by atoms with E-state index in [4.69, 9.17) is 4.74 Å². The van der Waals surface area contributed by atoms with Crippen molar-refractivity contribution in [2.45, 2.75) is 18.2 Å². The van der Waals surface area contributed by atoms with E-state index in [9.17, 15) is 16.8 Å². The van der Waals surface area contributed by atoms with Crippen molar-refractivity contribution in [2.75, 3.05) is 25.2 Å². The van der Waals surface area contributed by atoms with Gasteiger partial charge in [0.2, 0.25) is 10.0 Å². The Morgan fingerprint density at radius 1 is 1.10 bits per heavy atom. The van der Waals surface area contributed by atoms with Crippen molar-refractivity contribution in [1.29, 1.82) is 0 Å². The van der Waals surface area contributed by atoms with Crippen molar-refractivity contribution in [3.63, 3.8) is 0 Å². The van der Waals surface area contributed by atoms with E-state index in [1.807, 2.05) is 0 Å². The number of hydrogen-bond donors (Lipinski definition) is 1. The molecule has 0 saturated carbocycles. The highest BCUT2D eigenvalue weighted by Gasteiger charge is 2.08. The summed E-state index contributed by atoms with van der Waals surface area (Å²) in [6.07, 6.45) is 1.69. The number of hydrogen-bond acceptors (Lipinski definition) is 5. The second kappa shape index (κ2) is 7.05. The molecule has 8 heteroatoms. The minimum Gasteiger partial charge on any atom is -0.492 e. The van der Waals surface area contributed by atoms with E-state index in [0.29, 0.717) is 12.2 Å². The van der Waals surface area contributed by atoms with E-state index < -0.39 is 19.9 Å². The molecule has 1 N–H and O–H groups in total. The van der Waals surface area contributed by atoms with Crippen LogP contribution in [0.3, 0.4) is 0 Å². The Bertz CT molecular complexity index is 620. The van der Waals surface area contributed by atoms with Gasteiger partial charge in [0.05, 0.1) is 10.6 Å². The maximum Gasteiger partial charge on any atom is 0.211 e. The second-order valence-electron chi connectivity index (χ2n) is 4.31. The van der Waals surface area contributed by atoms with Crippen LogP contribution in [0.5, 0.6) is 5.75 Å². The van der Waals surface area contributed by atoms with E-state index in [-0.39, 0.29) is 23.8 Å². The third kappa shape index (κ3) is 5.89. The third-order valence-electron chi connectivity index (χ3n) is 2.42. The number of ether oxygens (including phenoxy) is 1. The number of sulfonamides is 1. The highest BCUT2D eigenvalue weighted by Crippen LogP contribution is 2.15. The standard InChI is InChI=1S/C12H19NO5S2/c1-3-10-20(16,17)13-8-9-18-11-4-6-12(7-5-11)19(2,14)15/h4-7,13H,3,8-10H2,1-2H3. The zero-order chi connectivity index (χ0) is 15.2. The van der Waals surface area contributed by atoms with Gasteiger partial charge in [0.25, 0.3) is 0 Å². The molecule has 0 atom stereocenters. The summed E-state index contributed by atoms with van der Waals surface area (Å²) in [5.74, 6) is 0.586. The van der Waals surface area contributed by atoms with Crippen LogP contribution >= 0.6 is 0 Å². The molecule has 1 rings (SSSR count). The van der Waals surface area contributed by atoms with Crippen LogP contribution in [0.25, 0.3) is 0 Å². The van der Waals surface area contributed by atoms with Crippen LogP contribution in [0.1, 0.15) is 13.3 Å². The molecular weight excluding hydrogens is 302 g/mol. The molecule has 0 bridgehead atoms. The highest BCUT2D eigenvalue weighted by atomic mass is 32.2. The van der Waals surface area contributed by atoms with Gasteiger partial charge in [-0.3, -0.25) is 0 Å². The summed E-state index contributed by atoms with van der Waals surface area (Å²) in [5.41, 5.74) is 0. The molecule has 0 fully saturated rings. The van der Waals surface area contributed by atoms with E-state index in [1.165, 1.54) is 24.3 Å². The molecule has 0 amide bonds. The minimum atomic E-state index is -3.22. The van der Waals surface area contributed by atoms with Crippen LogP contribution in [-0.4, -0.2) is 42.0 Å². The molecule has 0 saturated heterocycles. The Morgan fingerprint density at radius 3 is 2.20 bits per heavy atom. The van der Waals surface area contributed by atoms with E-state index in [0.717, 1.165) is 6.26 Å². The van der Waals surface area contributed by atoms with Gasteiger partial charge < -0.3 is 4.74 Å². The Kier molecular flexibility index (Phi) is 5.97. The third-order valence-corrected chi connectivity index (χ3v) is 5.14. The van der Waals surface area contributed by atoms with E-state index in [1.54, 1.807) is 6.92 Å². The van der Waals surface area contributed by atoms with Crippen LogP contribution < -0.4 is 9.46 Å². The Morgan fingerprint density at radius 2 is 1.70 bits per heavy atom. The average molecular weight is 321 g/mol. The van der Waals surface area contributed by atoms with Gasteiger partial charge in [0.15, 0.2) is 9.84 Å². The normalized spacial score (nSPS) is 12.3. The number of nitrogens with one attached hydrogen (secondary N) is 1. The van der Waals surface area contributed by atoms with Crippen molar-refractivity contribution in [3.05, 3.63) is 24.3 Å². The lowest BCUT2D eigenvalue weighted by atomic mass is 10.3. The van der Waals surface area contributed by atoms with Gasteiger partial charge in [-0.05, 0) is 30.7 Å². The second-order valence-corrected chi connectivity index (χ2v) is 8.25. The highest BCUT2D eigenvalue weighted by molar-refractivity contribution is 7.90. The van der Waals surface area contributed by atoms with Crippen LogP contribution in [0.15, 0.2) is 29.2 Å². The van der Waals surface area contributed by atoms with Crippen molar-refractivity contribution in [3.8, 4) is 5.75 Å². The number of sulfone groups is 1. The molecule has 0 spiro atoms. The molecule has 0 aliphatic heterocycles. The lowest BCUT2D eigenvalue weighted by Gasteiger charge is -2.08. The molecular formula is C12H19NO5S2. The number of rotatable bonds is 8. The van der Waals surface area contributed by atoms with Gasteiger partial charge in [0.1, 0.15) is 12.4 Å². The first-order valence-corrected chi connectivity index (χ1v) is 9.69. The fourth-order valence-electron chi connectivity index (χ4n) is 1.49. The monoisotopic (exact) mass is 321 g/mol. The van der Waals surface area contributed by atoms with Crippen molar-refractivity contribution in [1.82, 2.24) is 4.72 Å². The molecule has 114 valence electrons. The molecule has 1 aromatic carbocycles. The smallest absolute Gasteiger partial charge is 0.211 e. The first kappa shape index (κ1) is 16.9. The van der Waals surface area contributed by atoms with E-state index >= 15 is 0 Å². The van der Waals surface area contributed by atoms with Gasteiger partial charge in [0, 0.05) is 12.8 Å². The zero-order valence-corrected chi connectivity index (χ0v) is 13.1. The predicted octanol–water partition coefficient (Wildman–Crippen LogP) is 0.798. The Hall–Kier alpha value is -1.12. The lowest BCUT2D eigenvalue weighted by molar-refractivity contribution is 0.322. The summed E-state index contributed by atoms with van der Waals surface area (Å²) in [5, 5.41) is 0. The molecule has 0 unspecified atom stereocenters. The van der Waals surface area contributed by atoms with Gasteiger partial charge in [-0.1, -0.05) is 6.92 Å². The summed E-state index contributed by atoms with van der Waals surface area (Å²) >= 11 is 0. The number of benzene rings is 1. The van der Waals surface area contributed by atoms with Crippen molar-refractivity contribution < 1.29 is 21.6 Å². The van der Waals surface area contributed by atoms with Crippen LogP contribution in [0, 0.1) is 0 Å². The van der Waals surface area contributed by atoms with Gasteiger partial charge in [-0.25, -0.2) is 21.6 Å². The quantitative estimate of drug-likeness (QED) is 0.715. The maximum absolute atomic E-state index is 11.4. The van der Waals surface area contributed by atoms with Crippen molar-refractivity contribution >= 4 is 19.9 Å². The van der Waals surface area contributed by atoms with Crippen LogP contribution in [0.2, 0.25) is 0 Å². The van der Waals surface area contributed by atoms with Crippen LogP contribution in [0.4, 0.5) is 0 Å². The zero-order valence-electron chi connectivity index (χ0n) is 11.5. The van der Waals surface area contributed by atoms with Gasteiger partial charge in [-0.15, -0.1) is 0 Å². The molecule has 0 heterocycles. The van der Waals surface area contributed by atoms with Crippen LogP contribution in [-0.2, 0) is 19.9 Å². The lowest BCUT2D eigenvalue weighted by Crippen LogP contribution is -2.30. The Labute approximate surface area is 120 Å². The molecule has 0 aliphatic rings. The largest absolute Gasteiger partial charge is 0.492 e. The fourth-order valence-corrected chi connectivity index (χ4v) is 3.20. The average Bonchev–Trinajstić information content (AvgIpc) is 2.34. The molecule has 1 aromatic rings. The topological polar surface area (TPSA) is 89.5 Å². The SMILES string of the molecule is CCCS(=O)(=O)NCCOc1ccc(S(C)(=O)=O)cc1. The first-order valence-electron chi connectivity index (χ1n) is 6.15. The Balaban J connectivity index is 2.44. The molecule has 20 heavy (non-hydrogen) atoms. The maximum atomic E-state index is 11.4. The summed E-state index contributed by atoms with van der Waals surface area (Å²) in [6.45, 7) is 2.15. The molecule has 6 nitrogen and oxygen atoms in total. The predicted molar refractivity (Wildman–Crippen MR) is 77.1 cm³/mol. The first-order chi connectivity index (χ1) is 9.24. The molecule has 0 aromatic heterocycles. The summed E-state index contributed by atoms with van der Waals surface area (Å²) < 4.78 is 53.0. The van der Waals surface area contributed by atoms with E-state index in [2.05, 4.69) is 4.72 Å². The fraction of sp³-hybridized carbons (Fsp3) is 0.500. The van der Waals surface area contributed by atoms with Crippen molar-refractivity contribution in [2.24, 2.45) is 0 Å². The summed E-state index contributed by atoms with van der Waals surface area (Å²) in [6, 6.07) is 5.98. The summed E-state index contributed by atoms with van der Waals surface area (Å²) in [4.78, 5) is 0.216. The van der Waals surface area contributed by atoms with Gasteiger partial charge >= 0.3 is 0 Å².